The van der Waals surface area contributed by atoms with Crippen molar-refractivity contribution in [1.82, 2.24) is 5.32 Å². The van der Waals surface area contributed by atoms with Gasteiger partial charge < -0.3 is 14.8 Å². The molecule has 0 radical (unpaired) electrons. The van der Waals surface area contributed by atoms with Gasteiger partial charge in [-0.05, 0) is 49.9 Å². The Bertz CT molecular complexity index is 476. The van der Waals surface area contributed by atoms with Crippen molar-refractivity contribution in [3.63, 3.8) is 0 Å². The van der Waals surface area contributed by atoms with Crippen molar-refractivity contribution in [2.24, 2.45) is 0 Å². The molecule has 102 valence electrons. The normalized spacial score (nSPS) is 27.3. The van der Waals surface area contributed by atoms with E-state index in [9.17, 15) is 0 Å². The molecule has 0 aromatic heterocycles. The van der Waals surface area contributed by atoms with E-state index in [1.807, 2.05) is 0 Å². The molecule has 1 aromatic carbocycles. The molecule has 1 spiro atoms. The molecular formula is C16H21NO2. The largest absolute Gasteiger partial charge is 0.448 e. The molecule has 3 heteroatoms. The number of hydrogen-bond acceptors (Lipinski definition) is 3. The molecule has 0 bridgehead atoms. The average molecular weight is 259 g/mol. The molecule has 19 heavy (non-hydrogen) atoms. The molecule has 1 aromatic rings. The molecule has 2 fully saturated rings. The maximum absolute atomic E-state index is 6.02. The van der Waals surface area contributed by atoms with E-state index in [1.165, 1.54) is 37.8 Å². The fraction of sp³-hybridized carbons (Fsp3) is 0.625. The number of fused-ring (bicyclic) bond motifs is 1. The van der Waals surface area contributed by atoms with Gasteiger partial charge in [0.25, 0.3) is 5.79 Å². The van der Waals surface area contributed by atoms with Gasteiger partial charge in [-0.3, -0.25) is 0 Å². The Morgan fingerprint density at radius 3 is 2.74 bits per heavy atom. The Hall–Kier alpha value is -1.22. The van der Waals surface area contributed by atoms with Crippen molar-refractivity contribution in [1.29, 1.82) is 0 Å². The van der Waals surface area contributed by atoms with E-state index in [0.717, 1.165) is 30.8 Å². The van der Waals surface area contributed by atoms with E-state index in [1.54, 1.807) is 0 Å². The van der Waals surface area contributed by atoms with Crippen LogP contribution in [0.5, 0.6) is 11.5 Å². The smallest absolute Gasteiger partial charge is 0.251 e. The van der Waals surface area contributed by atoms with Crippen LogP contribution in [0.4, 0.5) is 0 Å². The fourth-order valence-corrected chi connectivity index (χ4v) is 3.32. The van der Waals surface area contributed by atoms with Crippen LogP contribution >= 0.6 is 0 Å². The lowest BCUT2D eigenvalue weighted by molar-refractivity contribution is -0.138. The Kier molecular flexibility index (Phi) is 2.69. The molecule has 1 aliphatic carbocycles. The quantitative estimate of drug-likeness (QED) is 0.885. The lowest BCUT2D eigenvalue weighted by Crippen LogP contribution is -2.45. The van der Waals surface area contributed by atoms with Gasteiger partial charge in [0.1, 0.15) is 0 Å². The van der Waals surface area contributed by atoms with Gasteiger partial charge in [0, 0.05) is 18.9 Å². The molecule has 1 N–H and O–H groups in total. The molecule has 0 amide bonds. The maximum atomic E-state index is 6.02. The van der Waals surface area contributed by atoms with Crippen LogP contribution in [0, 0.1) is 0 Å². The highest BCUT2D eigenvalue weighted by molar-refractivity contribution is 5.46. The molecule has 1 unspecified atom stereocenters. The van der Waals surface area contributed by atoms with Gasteiger partial charge in [0.15, 0.2) is 11.5 Å². The van der Waals surface area contributed by atoms with Crippen molar-refractivity contribution in [3.05, 3.63) is 23.8 Å². The van der Waals surface area contributed by atoms with Crippen LogP contribution < -0.4 is 14.8 Å². The van der Waals surface area contributed by atoms with E-state index in [-0.39, 0.29) is 5.79 Å². The SMILES string of the molecule is c1cc2c(cc1CC1CCCCN1)OC1(CCC1)O2. The van der Waals surface area contributed by atoms with Gasteiger partial charge in [-0.25, -0.2) is 0 Å². The number of hydrogen-bond donors (Lipinski definition) is 1. The molecule has 3 aliphatic rings. The first-order chi connectivity index (χ1) is 9.33. The third-order valence-corrected chi connectivity index (χ3v) is 4.61. The maximum Gasteiger partial charge on any atom is 0.251 e. The van der Waals surface area contributed by atoms with Crippen molar-refractivity contribution < 1.29 is 9.47 Å². The first-order valence-corrected chi connectivity index (χ1v) is 7.57. The second-order valence-corrected chi connectivity index (χ2v) is 6.10. The predicted octanol–water partition coefficient (Wildman–Crippen LogP) is 3.02. The highest BCUT2D eigenvalue weighted by Gasteiger charge is 2.47. The molecule has 2 aliphatic heterocycles. The highest BCUT2D eigenvalue weighted by atomic mass is 16.7. The Balaban J connectivity index is 1.48. The zero-order valence-corrected chi connectivity index (χ0v) is 11.3. The second-order valence-electron chi connectivity index (χ2n) is 6.10. The Morgan fingerprint density at radius 2 is 2.00 bits per heavy atom. The predicted molar refractivity (Wildman–Crippen MR) is 73.6 cm³/mol. The van der Waals surface area contributed by atoms with Crippen LogP contribution in [0.1, 0.15) is 44.1 Å². The number of benzene rings is 1. The summed E-state index contributed by atoms with van der Waals surface area (Å²) < 4.78 is 12.0. The number of rotatable bonds is 2. The van der Waals surface area contributed by atoms with Crippen molar-refractivity contribution >= 4 is 0 Å². The van der Waals surface area contributed by atoms with Crippen molar-refractivity contribution in [2.75, 3.05) is 6.54 Å². The summed E-state index contributed by atoms with van der Waals surface area (Å²) in [6.45, 7) is 1.17. The summed E-state index contributed by atoms with van der Waals surface area (Å²) in [6.07, 6.45) is 8.34. The summed E-state index contributed by atoms with van der Waals surface area (Å²) in [5.74, 6) is 1.58. The first-order valence-electron chi connectivity index (χ1n) is 7.57. The molecular weight excluding hydrogens is 238 g/mol. The topological polar surface area (TPSA) is 30.5 Å². The number of piperidine rings is 1. The van der Waals surface area contributed by atoms with Gasteiger partial charge >= 0.3 is 0 Å². The second kappa shape index (κ2) is 4.41. The minimum Gasteiger partial charge on any atom is -0.448 e. The third kappa shape index (κ3) is 2.10. The standard InChI is InChI=1S/C16H21NO2/c1-2-9-17-13(4-1)10-12-5-6-14-15(11-12)19-16(18-14)7-3-8-16/h5-6,11,13,17H,1-4,7-10H2. The molecule has 4 rings (SSSR count). The first kappa shape index (κ1) is 11.6. The average Bonchev–Trinajstić information content (AvgIpc) is 2.79. The lowest BCUT2D eigenvalue weighted by atomic mass is 9.91. The van der Waals surface area contributed by atoms with E-state index in [2.05, 4.69) is 23.5 Å². The van der Waals surface area contributed by atoms with Crippen LogP contribution in [-0.2, 0) is 6.42 Å². The van der Waals surface area contributed by atoms with E-state index >= 15 is 0 Å². The fourth-order valence-electron chi connectivity index (χ4n) is 3.32. The van der Waals surface area contributed by atoms with Gasteiger partial charge in [-0.15, -0.1) is 0 Å². The van der Waals surface area contributed by atoms with Gasteiger partial charge in [-0.1, -0.05) is 12.5 Å². The third-order valence-electron chi connectivity index (χ3n) is 4.61. The summed E-state index contributed by atoms with van der Waals surface area (Å²) in [5.41, 5.74) is 1.36. The lowest BCUT2D eigenvalue weighted by Gasteiger charge is -2.35. The van der Waals surface area contributed by atoms with E-state index < -0.39 is 0 Å². The van der Waals surface area contributed by atoms with Crippen LogP contribution in [-0.4, -0.2) is 18.4 Å². The van der Waals surface area contributed by atoms with Crippen molar-refractivity contribution in [3.8, 4) is 11.5 Å². The summed E-state index contributed by atoms with van der Waals surface area (Å²) >= 11 is 0. The molecule has 3 nitrogen and oxygen atoms in total. The molecule has 2 heterocycles. The molecule has 1 saturated heterocycles. The zero-order valence-electron chi connectivity index (χ0n) is 11.3. The Labute approximate surface area is 114 Å². The van der Waals surface area contributed by atoms with E-state index in [4.69, 9.17) is 9.47 Å². The van der Waals surface area contributed by atoms with E-state index in [0.29, 0.717) is 6.04 Å². The van der Waals surface area contributed by atoms with Gasteiger partial charge in [0.2, 0.25) is 0 Å². The van der Waals surface area contributed by atoms with Crippen LogP contribution in [0.3, 0.4) is 0 Å². The summed E-state index contributed by atoms with van der Waals surface area (Å²) in [7, 11) is 0. The van der Waals surface area contributed by atoms with Crippen molar-refractivity contribution in [2.45, 2.75) is 56.8 Å². The zero-order chi connectivity index (χ0) is 12.7. The summed E-state index contributed by atoms with van der Waals surface area (Å²) in [4.78, 5) is 0. The van der Waals surface area contributed by atoms with Crippen LogP contribution in [0.2, 0.25) is 0 Å². The number of ether oxygens (including phenoxy) is 2. The van der Waals surface area contributed by atoms with Crippen LogP contribution in [0.15, 0.2) is 18.2 Å². The Morgan fingerprint density at radius 1 is 1.11 bits per heavy atom. The molecule has 1 atom stereocenters. The van der Waals surface area contributed by atoms with Gasteiger partial charge in [-0.2, -0.15) is 0 Å². The van der Waals surface area contributed by atoms with Gasteiger partial charge in [0.05, 0.1) is 0 Å². The minimum absolute atomic E-state index is 0.302. The monoisotopic (exact) mass is 259 g/mol. The summed E-state index contributed by atoms with van der Waals surface area (Å²) in [6, 6.07) is 7.09. The molecule has 1 saturated carbocycles. The highest BCUT2D eigenvalue weighted by Crippen LogP contribution is 2.48. The minimum atomic E-state index is -0.302. The summed E-state index contributed by atoms with van der Waals surface area (Å²) in [5, 5.41) is 3.60. The number of nitrogens with one attached hydrogen (secondary N) is 1. The van der Waals surface area contributed by atoms with Crippen LogP contribution in [0.25, 0.3) is 0 Å².